The third-order valence-corrected chi connectivity index (χ3v) is 3.82. The smallest absolute Gasteiger partial charge is 0.144 e. The summed E-state index contributed by atoms with van der Waals surface area (Å²) in [6, 6.07) is 6.50. The molecule has 0 bridgehead atoms. The molecule has 0 unspecified atom stereocenters. The zero-order valence-electron chi connectivity index (χ0n) is 9.17. The highest BCUT2D eigenvalue weighted by atomic mass is 79.9. The van der Waals surface area contributed by atoms with Crippen LogP contribution >= 0.6 is 27.3 Å². The highest BCUT2D eigenvalue weighted by molar-refractivity contribution is 9.11. The SMILES string of the molecule is COc1cc(F)ccc1NCc1csc(Br)c1. The molecule has 1 heterocycles. The summed E-state index contributed by atoms with van der Waals surface area (Å²) in [5.74, 6) is 0.213. The van der Waals surface area contributed by atoms with Crippen molar-refractivity contribution in [3.63, 3.8) is 0 Å². The number of thiophene rings is 1. The lowest BCUT2D eigenvalue weighted by atomic mass is 10.2. The molecule has 1 aromatic heterocycles. The third-order valence-electron chi connectivity index (χ3n) is 2.27. The van der Waals surface area contributed by atoms with Crippen molar-refractivity contribution in [2.24, 2.45) is 0 Å². The van der Waals surface area contributed by atoms with Crippen LogP contribution in [0.2, 0.25) is 0 Å². The van der Waals surface area contributed by atoms with Gasteiger partial charge in [0, 0.05) is 12.6 Å². The van der Waals surface area contributed by atoms with E-state index in [1.165, 1.54) is 24.8 Å². The molecule has 0 saturated heterocycles. The third kappa shape index (κ3) is 3.20. The second-order valence-electron chi connectivity index (χ2n) is 3.46. The van der Waals surface area contributed by atoms with E-state index >= 15 is 0 Å². The molecule has 0 radical (unpaired) electrons. The van der Waals surface area contributed by atoms with Crippen molar-refractivity contribution in [2.45, 2.75) is 6.54 Å². The van der Waals surface area contributed by atoms with Gasteiger partial charge in [-0.05, 0) is 45.1 Å². The van der Waals surface area contributed by atoms with Gasteiger partial charge in [-0.2, -0.15) is 0 Å². The number of halogens is 2. The molecule has 0 aliphatic carbocycles. The summed E-state index contributed by atoms with van der Waals surface area (Å²) in [6.07, 6.45) is 0. The Balaban J connectivity index is 2.08. The number of hydrogen-bond donors (Lipinski definition) is 1. The Morgan fingerprint density at radius 1 is 1.41 bits per heavy atom. The van der Waals surface area contributed by atoms with Gasteiger partial charge in [0.25, 0.3) is 0 Å². The summed E-state index contributed by atoms with van der Waals surface area (Å²) in [5, 5.41) is 5.28. The number of benzene rings is 1. The van der Waals surface area contributed by atoms with Gasteiger partial charge in [-0.3, -0.25) is 0 Å². The van der Waals surface area contributed by atoms with Gasteiger partial charge < -0.3 is 10.1 Å². The van der Waals surface area contributed by atoms with Crippen molar-refractivity contribution < 1.29 is 9.13 Å². The molecule has 0 aliphatic rings. The maximum absolute atomic E-state index is 13.0. The fraction of sp³-hybridized carbons (Fsp3) is 0.167. The van der Waals surface area contributed by atoms with Gasteiger partial charge in [-0.25, -0.2) is 4.39 Å². The number of rotatable bonds is 4. The van der Waals surface area contributed by atoms with E-state index in [-0.39, 0.29) is 5.82 Å². The summed E-state index contributed by atoms with van der Waals surface area (Å²) in [5.41, 5.74) is 1.96. The van der Waals surface area contributed by atoms with Crippen molar-refractivity contribution in [3.05, 3.63) is 44.8 Å². The largest absolute Gasteiger partial charge is 0.494 e. The normalized spacial score (nSPS) is 10.3. The van der Waals surface area contributed by atoms with Crippen LogP contribution in [-0.2, 0) is 6.54 Å². The number of methoxy groups -OCH3 is 1. The molecule has 0 atom stereocenters. The maximum atomic E-state index is 13.0. The van der Waals surface area contributed by atoms with Gasteiger partial charge in [0.1, 0.15) is 11.6 Å². The Bertz CT molecular complexity index is 515. The van der Waals surface area contributed by atoms with E-state index in [1.54, 1.807) is 17.4 Å². The predicted molar refractivity (Wildman–Crippen MR) is 72.3 cm³/mol. The van der Waals surface area contributed by atoms with Crippen molar-refractivity contribution in [3.8, 4) is 5.75 Å². The van der Waals surface area contributed by atoms with Gasteiger partial charge in [-0.15, -0.1) is 11.3 Å². The molecule has 90 valence electrons. The summed E-state index contributed by atoms with van der Waals surface area (Å²) < 4.78 is 19.2. The molecule has 2 nitrogen and oxygen atoms in total. The topological polar surface area (TPSA) is 21.3 Å². The Labute approximate surface area is 112 Å². The van der Waals surface area contributed by atoms with Crippen LogP contribution in [0, 0.1) is 5.82 Å². The number of ether oxygens (including phenoxy) is 1. The van der Waals surface area contributed by atoms with Crippen molar-refractivity contribution >= 4 is 33.0 Å². The highest BCUT2D eigenvalue weighted by Gasteiger charge is 2.04. The molecule has 0 amide bonds. The fourth-order valence-electron chi connectivity index (χ4n) is 1.45. The minimum absolute atomic E-state index is 0.300. The van der Waals surface area contributed by atoms with E-state index in [2.05, 4.69) is 26.6 Å². The Morgan fingerprint density at radius 2 is 2.24 bits per heavy atom. The molecular weight excluding hydrogens is 305 g/mol. The molecule has 2 rings (SSSR count). The summed E-state index contributed by atoms with van der Waals surface area (Å²) in [7, 11) is 1.53. The Hall–Kier alpha value is -1.07. The zero-order valence-corrected chi connectivity index (χ0v) is 11.6. The van der Waals surface area contributed by atoms with E-state index in [0.717, 1.165) is 9.47 Å². The highest BCUT2D eigenvalue weighted by Crippen LogP contribution is 2.26. The van der Waals surface area contributed by atoms with Crippen molar-refractivity contribution in [1.29, 1.82) is 0 Å². The molecule has 0 fully saturated rings. The minimum Gasteiger partial charge on any atom is -0.494 e. The molecule has 0 saturated carbocycles. The molecule has 0 spiro atoms. The summed E-state index contributed by atoms with van der Waals surface area (Å²) in [4.78, 5) is 0. The second-order valence-corrected chi connectivity index (χ2v) is 5.75. The molecule has 0 aliphatic heterocycles. The predicted octanol–water partition coefficient (Wildman–Crippen LogP) is 4.27. The summed E-state index contributed by atoms with van der Waals surface area (Å²) >= 11 is 5.05. The van der Waals surface area contributed by atoms with Crippen LogP contribution in [0.15, 0.2) is 33.4 Å². The first-order chi connectivity index (χ1) is 8.19. The zero-order chi connectivity index (χ0) is 12.3. The standard InChI is InChI=1S/C12H11BrFNOS/c1-16-11-5-9(14)2-3-10(11)15-6-8-4-12(13)17-7-8/h2-5,7,15H,6H2,1H3. The fourth-order valence-corrected chi connectivity index (χ4v) is 2.66. The van der Waals surface area contributed by atoms with Crippen LogP contribution in [0.4, 0.5) is 10.1 Å². The van der Waals surface area contributed by atoms with Crippen LogP contribution in [0.1, 0.15) is 5.56 Å². The minimum atomic E-state index is -0.300. The molecule has 1 aromatic carbocycles. The molecule has 1 N–H and O–H groups in total. The maximum Gasteiger partial charge on any atom is 0.144 e. The number of hydrogen-bond acceptors (Lipinski definition) is 3. The molecule has 5 heteroatoms. The lowest BCUT2D eigenvalue weighted by molar-refractivity contribution is 0.413. The van der Waals surface area contributed by atoms with Crippen LogP contribution in [0.25, 0.3) is 0 Å². The average molecular weight is 316 g/mol. The first-order valence-electron chi connectivity index (χ1n) is 4.99. The molecular formula is C12H11BrFNOS. The van der Waals surface area contributed by atoms with Gasteiger partial charge in [0.15, 0.2) is 0 Å². The lowest BCUT2D eigenvalue weighted by Gasteiger charge is -2.10. The first-order valence-corrected chi connectivity index (χ1v) is 6.66. The first kappa shape index (κ1) is 12.4. The van der Waals surface area contributed by atoms with Crippen LogP contribution in [0.3, 0.4) is 0 Å². The Kier molecular flexibility index (Phi) is 4.02. The molecule has 17 heavy (non-hydrogen) atoms. The summed E-state index contributed by atoms with van der Waals surface area (Å²) in [6.45, 7) is 0.685. The van der Waals surface area contributed by atoms with Crippen molar-refractivity contribution in [2.75, 3.05) is 12.4 Å². The van der Waals surface area contributed by atoms with Crippen LogP contribution in [-0.4, -0.2) is 7.11 Å². The van der Waals surface area contributed by atoms with Crippen LogP contribution < -0.4 is 10.1 Å². The van der Waals surface area contributed by atoms with E-state index in [9.17, 15) is 4.39 Å². The van der Waals surface area contributed by atoms with Gasteiger partial charge in [0.05, 0.1) is 16.6 Å². The average Bonchev–Trinajstić information content (AvgIpc) is 2.73. The number of nitrogens with one attached hydrogen (secondary N) is 1. The number of anilines is 1. The van der Waals surface area contributed by atoms with E-state index in [0.29, 0.717) is 12.3 Å². The van der Waals surface area contributed by atoms with Crippen molar-refractivity contribution in [1.82, 2.24) is 0 Å². The van der Waals surface area contributed by atoms with Gasteiger partial charge >= 0.3 is 0 Å². The van der Waals surface area contributed by atoms with Crippen LogP contribution in [0.5, 0.6) is 5.75 Å². The van der Waals surface area contributed by atoms with E-state index in [1.807, 2.05) is 6.07 Å². The van der Waals surface area contributed by atoms with E-state index < -0.39 is 0 Å². The van der Waals surface area contributed by atoms with E-state index in [4.69, 9.17) is 4.74 Å². The van der Waals surface area contributed by atoms with Gasteiger partial charge in [-0.1, -0.05) is 0 Å². The van der Waals surface area contributed by atoms with Gasteiger partial charge in [0.2, 0.25) is 0 Å². The second kappa shape index (κ2) is 5.51. The monoisotopic (exact) mass is 315 g/mol. The lowest BCUT2D eigenvalue weighted by Crippen LogP contribution is -2.00. The Morgan fingerprint density at radius 3 is 2.88 bits per heavy atom. The quantitative estimate of drug-likeness (QED) is 0.909. The molecule has 2 aromatic rings.